The van der Waals surface area contributed by atoms with E-state index in [0.717, 1.165) is 23.1 Å². The van der Waals surface area contributed by atoms with Crippen LogP contribution in [-0.2, 0) is 6.61 Å². The molecule has 1 aliphatic heterocycles. The second-order valence-electron chi connectivity index (χ2n) is 4.47. The van der Waals surface area contributed by atoms with Crippen LogP contribution in [0.15, 0.2) is 40.0 Å². The molecule has 102 valence electrons. The molecule has 3 nitrogen and oxygen atoms in total. The Bertz CT molecular complexity index is 584. The van der Waals surface area contributed by atoms with Crippen molar-refractivity contribution in [1.82, 2.24) is 4.57 Å². The Hall–Kier alpha value is -1.39. The molecular weight excluding hydrogens is 267 g/mol. The van der Waals surface area contributed by atoms with Crippen molar-refractivity contribution in [2.24, 2.45) is 4.99 Å². The number of hydrogen-bond acceptors (Lipinski definition) is 2. The topological polar surface area (TPSA) is 37.5 Å². The summed E-state index contributed by atoms with van der Waals surface area (Å²) in [6.45, 7) is 3.74. The lowest BCUT2D eigenvalue weighted by Gasteiger charge is -2.04. The highest BCUT2D eigenvalue weighted by Gasteiger charge is 2.16. The maximum absolute atomic E-state index is 14.1. The second-order valence-corrected chi connectivity index (χ2v) is 4.83. The summed E-state index contributed by atoms with van der Waals surface area (Å²) in [5.41, 5.74) is 2.55. The number of aliphatic imine (C=N–C) groups is 1. The minimum Gasteiger partial charge on any atom is -0.392 e. The first-order chi connectivity index (χ1) is 9.06. The van der Waals surface area contributed by atoms with Crippen LogP contribution in [0.3, 0.4) is 0 Å². The van der Waals surface area contributed by atoms with Crippen molar-refractivity contribution in [2.45, 2.75) is 33.3 Å². The normalized spacial score (nSPS) is 16.3. The molecule has 0 atom stereocenters. The fourth-order valence-corrected chi connectivity index (χ4v) is 2.26. The molecule has 5 heteroatoms. The number of aliphatic hydroxyl groups excluding tert-OH is 1. The van der Waals surface area contributed by atoms with Gasteiger partial charge in [0.25, 0.3) is 0 Å². The average Bonchev–Trinajstić information content (AvgIpc) is 2.70. The van der Waals surface area contributed by atoms with Crippen molar-refractivity contribution in [3.05, 3.63) is 46.2 Å². The highest BCUT2D eigenvalue weighted by Crippen LogP contribution is 2.25. The van der Waals surface area contributed by atoms with E-state index < -0.39 is 5.83 Å². The van der Waals surface area contributed by atoms with E-state index in [-0.39, 0.29) is 12.4 Å². The summed E-state index contributed by atoms with van der Waals surface area (Å²) >= 11 is 6.11. The van der Waals surface area contributed by atoms with Crippen LogP contribution >= 0.6 is 11.6 Å². The number of rotatable bonds is 2. The van der Waals surface area contributed by atoms with Crippen LogP contribution in [-0.4, -0.2) is 15.5 Å². The molecule has 0 saturated carbocycles. The lowest BCUT2D eigenvalue weighted by molar-refractivity contribution is 0.281. The third kappa shape index (κ3) is 2.80. The molecule has 19 heavy (non-hydrogen) atoms. The third-order valence-electron chi connectivity index (χ3n) is 3.21. The van der Waals surface area contributed by atoms with E-state index in [0.29, 0.717) is 11.6 Å². The lowest BCUT2D eigenvalue weighted by atomic mass is 10.1. The van der Waals surface area contributed by atoms with Gasteiger partial charge in [0.1, 0.15) is 5.16 Å². The van der Waals surface area contributed by atoms with Gasteiger partial charge in [-0.05, 0) is 42.5 Å². The Morgan fingerprint density at radius 2 is 2.21 bits per heavy atom. The summed E-state index contributed by atoms with van der Waals surface area (Å²) < 4.78 is 15.6. The number of aryl methyl sites for hydroxylation is 1. The van der Waals surface area contributed by atoms with Gasteiger partial charge in [-0.1, -0.05) is 18.5 Å². The van der Waals surface area contributed by atoms with Crippen LogP contribution in [0, 0.1) is 6.92 Å². The summed E-state index contributed by atoms with van der Waals surface area (Å²) in [6, 6.07) is 0. The van der Waals surface area contributed by atoms with Crippen molar-refractivity contribution in [2.75, 3.05) is 0 Å². The van der Waals surface area contributed by atoms with Gasteiger partial charge in [-0.25, -0.2) is 9.38 Å². The van der Waals surface area contributed by atoms with Crippen LogP contribution in [0.2, 0.25) is 0 Å². The summed E-state index contributed by atoms with van der Waals surface area (Å²) in [7, 11) is 0. The molecule has 0 aliphatic carbocycles. The molecule has 0 spiro atoms. The molecule has 1 aromatic heterocycles. The first kappa shape index (κ1) is 14.0. The van der Waals surface area contributed by atoms with E-state index in [1.807, 2.05) is 13.8 Å². The number of nitrogens with zero attached hydrogens (tertiary/aromatic N) is 2. The highest BCUT2D eigenvalue weighted by atomic mass is 35.5. The van der Waals surface area contributed by atoms with Gasteiger partial charge in [-0.15, -0.1) is 0 Å². The lowest BCUT2D eigenvalue weighted by Crippen LogP contribution is -2.10. The number of hydrogen-bond donors (Lipinski definition) is 1. The molecule has 1 aromatic rings. The van der Waals surface area contributed by atoms with Crippen molar-refractivity contribution < 1.29 is 9.50 Å². The molecule has 1 aliphatic rings. The SMILES string of the molecule is CCC1=C(Cl)N=C(n2cc(C)c(CO)c2)C(F)=CC1. The van der Waals surface area contributed by atoms with Crippen LogP contribution in [0.5, 0.6) is 0 Å². The Balaban J connectivity index is 2.49. The standard InChI is InChI=1S/C14H16ClFN2O/c1-3-10-4-5-12(16)14(17-13(10)15)18-6-9(2)11(7-18)8-19/h5-7,19H,3-4,8H2,1-2H3. The Labute approximate surface area is 116 Å². The number of halogens is 2. The smallest absolute Gasteiger partial charge is 0.174 e. The predicted molar refractivity (Wildman–Crippen MR) is 74.9 cm³/mol. The zero-order valence-electron chi connectivity index (χ0n) is 11.0. The number of allylic oxidation sites excluding steroid dienone is 3. The fraction of sp³-hybridized carbons (Fsp3) is 0.357. The largest absolute Gasteiger partial charge is 0.392 e. The van der Waals surface area contributed by atoms with E-state index in [9.17, 15) is 9.50 Å². The summed E-state index contributed by atoms with van der Waals surface area (Å²) in [6.07, 6.45) is 6.11. The van der Waals surface area contributed by atoms with Crippen molar-refractivity contribution >= 4 is 17.4 Å². The summed E-state index contributed by atoms with van der Waals surface area (Å²) in [5, 5.41) is 9.53. The van der Waals surface area contributed by atoms with Crippen LogP contribution < -0.4 is 0 Å². The van der Waals surface area contributed by atoms with Gasteiger partial charge in [0.05, 0.1) is 6.61 Å². The van der Waals surface area contributed by atoms with Crippen LogP contribution in [0.25, 0.3) is 0 Å². The first-order valence-electron chi connectivity index (χ1n) is 6.17. The molecular formula is C14H16ClFN2O. The van der Waals surface area contributed by atoms with Gasteiger partial charge in [-0.3, -0.25) is 0 Å². The molecule has 1 N–H and O–H groups in total. The first-order valence-corrected chi connectivity index (χ1v) is 6.55. The van der Waals surface area contributed by atoms with Crippen LogP contribution in [0.4, 0.5) is 4.39 Å². The zero-order chi connectivity index (χ0) is 14.0. The Kier molecular flexibility index (Phi) is 4.22. The molecule has 0 bridgehead atoms. The van der Waals surface area contributed by atoms with Gasteiger partial charge in [0.15, 0.2) is 11.7 Å². The van der Waals surface area contributed by atoms with E-state index in [2.05, 4.69) is 4.99 Å². The molecule has 0 unspecified atom stereocenters. The van der Waals surface area contributed by atoms with Crippen molar-refractivity contribution in [3.8, 4) is 0 Å². The molecule has 0 radical (unpaired) electrons. The molecule has 2 rings (SSSR count). The van der Waals surface area contributed by atoms with E-state index in [4.69, 9.17) is 11.6 Å². The molecule has 0 saturated heterocycles. The minimum absolute atomic E-state index is 0.0821. The van der Waals surface area contributed by atoms with Crippen molar-refractivity contribution in [3.63, 3.8) is 0 Å². The molecule has 0 aromatic carbocycles. The highest BCUT2D eigenvalue weighted by molar-refractivity contribution is 6.30. The second kappa shape index (κ2) is 5.72. The van der Waals surface area contributed by atoms with Gasteiger partial charge >= 0.3 is 0 Å². The number of aliphatic hydroxyl groups is 1. The van der Waals surface area contributed by atoms with Gasteiger partial charge < -0.3 is 9.67 Å². The van der Waals surface area contributed by atoms with Crippen LogP contribution in [0.1, 0.15) is 30.9 Å². The minimum atomic E-state index is -0.402. The Morgan fingerprint density at radius 1 is 1.47 bits per heavy atom. The zero-order valence-corrected chi connectivity index (χ0v) is 11.7. The predicted octanol–water partition coefficient (Wildman–Crippen LogP) is 3.65. The third-order valence-corrected chi connectivity index (χ3v) is 3.56. The average molecular weight is 283 g/mol. The van der Waals surface area contributed by atoms with Gasteiger partial charge in [0.2, 0.25) is 0 Å². The van der Waals surface area contributed by atoms with Gasteiger partial charge in [-0.2, -0.15) is 0 Å². The monoisotopic (exact) mass is 282 g/mol. The van der Waals surface area contributed by atoms with Gasteiger partial charge in [0, 0.05) is 12.4 Å². The van der Waals surface area contributed by atoms with Crippen molar-refractivity contribution in [1.29, 1.82) is 0 Å². The quantitative estimate of drug-likeness (QED) is 0.826. The van der Waals surface area contributed by atoms with E-state index in [1.54, 1.807) is 17.0 Å². The molecule has 2 heterocycles. The summed E-state index contributed by atoms with van der Waals surface area (Å²) in [4.78, 5) is 4.17. The molecule has 0 amide bonds. The fourth-order valence-electron chi connectivity index (χ4n) is 1.97. The summed E-state index contributed by atoms with van der Waals surface area (Å²) in [5.74, 6) is -0.239. The maximum atomic E-state index is 14.1. The Morgan fingerprint density at radius 3 is 2.79 bits per heavy atom. The van der Waals surface area contributed by atoms with E-state index in [1.165, 1.54) is 6.08 Å². The van der Waals surface area contributed by atoms with E-state index >= 15 is 0 Å². The number of aromatic nitrogens is 1. The molecule has 0 fully saturated rings. The maximum Gasteiger partial charge on any atom is 0.174 e.